The van der Waals surface area contributed by atoms with E-state index in [1.165, 1.54) is 22.5 Å². The lowest BCUT2D eigenvalue weighted by Gasteiger charge is -2.34. The van der Waals surface area contributed by atoms with Crippen LogP contribution in [0.4, 0.5) is 0 Å². The van der Waals surface area contributed by atoms with Crippen LogP contribution >= 0.6 is 0 Å². The fourth-order valence-corrected chi connectivity index (χ4v) is 4.96. The normalized spacial score (nSPS) is 29.0. The molecule has 2 aliphatic rings. The smallest absolute Gasteiger partial charge is 0.335 e. The summed E-state index contributed by atoms with van der Waals surface area (Å²) < 4.78 is 26.8. The summed E-state index contributed by atoms with van der Waals surface area (Å²) in [7, 11) is -3.72. The molecule has 21 heavy (non-hydrogen) atoms. The first-order chi connectivity index (χ1) is 9.80. The molecule has 114 valence electrons. The minimum absolute atomic E-state index is 0.0164. The molecule has 7 heteroatoms. The minimum Gasteiger partial charge on any atom is -0.478 e. The van der Waals surface area contributed by atoms with Crippen LogP contribution in [-0.4, -0.2) is 48.1 Å². The molecule has 0 bridgehead atoms. The van der Waals surface area contributed by atoms with Crippen molar-refractivity contribution in [2.45, 2.75) is 24.3 Å². The first-order valence-electron chi connectivity index (χ1n) is 6.83. The van der Waals surface area contributed by atoms with Gasteiger partial charge in [0.1, 0.15) is 0 Å². The minimum atomic E-state index is -3.72. The van der Waals surface area contributed by atoms with Crippen LogP contribution in [0, 0.1) is 18.8 Å². The van der Waals surface area contributed by atoms with E-state index >= 15 is 0 Å². The molecule has 2 fully saturated rings. The zero-order chi connectivity index (χ0) is 15.4. The van der Waals surface area contributed by atoms with Gasteiger partial charge >= 0.3 is 5.97 Å². The third-order valence-corrected chi connectivity index (χ3v) is 6.52. The van der Waals surface area contributed by atoms with E-state index in [1.54, 1.807) is 6.92 Å². The lowest BCUT2D eigenvalue weighted by Crippen LogP contribution is -2.39. The standard InChI is InChI=1S/C14H17NO5S/c1-8-2-3-9(14(17)18)5-13(8)21(19,20)15-6-10-4-12(16)11(10)7-15/h2-3,5,10-12,16H,4,6-7H2,1H3,(H,17,18)/t10-,11+,12-/m1/s1. The molecule has 1 aliphatic heterocycles. The first-order valence-corrected chi connectivity index (χ1v) is 8.27. The van der Waals surface area contributed by atoms with Crippen molar-refractivity contribution in [2.75, 3.05) is 13.1 Å². The SMILES string of the molecule is Cc1ccc(C(=O)O)cc1S(=O)(=O)N1C[C@H]2C[C@@H](O)[C@H]2C1. The predicted molar refractivity (Wildman–Crippen MR) is 74.5 cm³/mol. The number of hydrogen-bond acceptors (Lipinski definition) is 4. The van der Waals surface area contributed by atoms with Gasteiger partial charge in [0.25, 0.3) is 0 Å². The Labute approximate surface area is 123 Å². The van der Waals surface area contributed by atoms with Crippen LogP contribution in [0.25, 0.3) is 0 Å². The number of sulfonamides is 1. The third-order valence-electron chi connectivity index (χ3n) is 4.55. The highest BCUT2D eigenvalue weighted by Gasteiger charge is 2.49. The highest BCUT2D eigenvalue weighted by molar-refractivity contribution is 7.89. The average molecular weight is 311 g/mol. The molecule has 1 saturated carbocycles. The maximum absolute atomic E-state index is 12.7. The van der Waals surface area contributed by atoms with E-state index in [2.05, 4.69) is 0 Å². The summed E-state index contributed by atoms with van der Waals surface area (Å²) in [6.45, 7) is 2.36. The predicted octanol–water partition coefficient (Wildman–Crippen LogP) is 0.695. The van der Waals surface area contributed by atoms with Gasteiger partial charge in [0.2, 0.25) is 10.0 Å². The molecule has 1 aliphatic carbocycles. The molecule has 6 nitrogen and oxygen atoms in total. The van der Waals surface area contributed by atoms with Crippen LogP contribution in [0.2, 0.25) is 0 Å². The van der Waals surface area contributed by atoms with E-state index in [0.717, 1.165) is 0 Å². The summed E-state index contributed by atoms with van der Waals surface area (Å²) in [6.07, 6.45) is 0.229. The van der Waals surface area contributed by atoms with Crippen molar-refractivity contribution in [3.8, 4) is 0 Å². The van der Waals surface area contributed by atoms with Crippen molar-refractivity contribution < 1.29 is 23.4 Å². The highest BCUT2D eigenvalue weighted by atomic mass is 32.2. The van der Waals surface area contributed by atoms with Crippen molar-refractivity contribution in [3.05, 3.63) is 29.3 Å². The number of carbonyl (C=O) groups is 1. The Bertz CT molecular complexity index is 699. The van der Waals surface area contributed by atoms with Gasteiger partial charge in [0, 0.05) is 19.0 Å². The fourth-order valence-electron chi connectivity index (χ4n) is 3.18. The third kappa shape index (κ3) is 2.25. The topological polar surface area (TPSA) is 94.9 Å². The van der Waals surface area contributed by atoms with Crippen LogP contribution in [0.15, 0.2) is 23.1 Å². The summed E-state index contributed by atoms with van der Waals surface area (Å²) in [5.74, 6) is -0.913. The van der Waals surface area contributed by atoms with E-state index in [9.17, 15) is 18.3 Å². The number of benzene rings is 1. The van der Waals surface area contributed by atoms with Gasteiger partial charge in [0.05, 0.1) is 16.6 Å². The average Bonchev–Trinajstić information content (AvgIpc) is 2.76. The first kappa shape index (κ1) is 14.5. The Hall–Kier alpha value is -1.44. The lowest BCUT2D eigenvalue weighted by atomic mass is 9.74. The second-order valence-corrected chi connectivity index (χ2v) is 7.74. The quantitative estimate of drug-likeness (QED) is 0.856. The number of aryl methyl sites for hydroxylation is 1. The molecule has 0 radical (unpaired) electrons. The van der Waals surface area contributed by atoms with E-state index in [4.69, 9.17) is 5.11 Å². The van der Waals surface area contributed by atoms with Gasteiger partial charge in [-0.2, -0.15) is 4.31 Å². The van der Waals surface area contributed by atoms with Crippen LogP contribution in [0.3, 0.4) is 0 Å². The molecule has 3 atom stereocenters. The van der Waals surface area contributed by atoms with Crippen molar-refractivity contribution >= 4 is 16.0 Å². The summed E-state index contributed by atoms with van der Waals surface area (Å²) in [5, 5.41) is 18.7. The molecule has 0 amide bonds. The molecule has 2 N–H and O–H groups in total. The monoisotopic (exact) mass is 311 g/mol. The second-order valence-electron chi connectivity index (χ2n) is 5.83. The highest BCUT2D eigenvalue weighted by Crippen LogP contribution is 2.42. The number of aliphatic hydroxyl groups excluding tert-OH is 1. The maximum Gasteiger partial charge on any atom is 0.335 e. The number of aromatic carboxylic acids is 1. The van der Waals surface area contributed by atoms with Crippen molar-refractivity contribution in [3.63, 3.8) is 0 Å². The molecule has 1 aromatic rings. The number of nitrogens with zero attached hydrogens (tertiary/aromatic N) is 1. The van der Waals surface area contributed by atoms with Gasteiger partial charge in [-0.05, 0) is 37.0 Å². The summed E-state index contributed by atoms with van der Waals surface area (Å²) in [4.78, 5) is 11.1. The van der Waals surface area contributed by atoms with Crippen molar-refractivity contribution in [1.82, 2.24) is 4.31 Å². The number of aliphatic hydroxyl groups is 1. The molecule has 3 rings (SSSR count). The molecule has 1 aromatic carbocycles. The zero-order valence-corrected chi connectivity index (χ0v) is 12.4. The zero-order valence-electron chi connectivity index (χ0n) is 11.6. The van der Waals surface area contributed by atoms with Crippen LogP contribution in [-0.2, 0) is 10.0 Å². The fraction of sp³-hybridized carbons (Fsp3) is 0.500. The van der Waals surface area contributed by atoms with Gasteiger partial charge in [-0.25, -0.2) is 13.2 Å². The summed E-state index contributed by atoms with van der Waals surface area (Å²) in [6, 6.07) is 4.12. The molecule has 1 heterocycles. The van der Waals surface area contributed by atoms with Gasteiger partial charge in [-0.15, -0.1) is 0 Å². The Kier molecular flexibility index (Phi) is 3.31. The number of carboxylic acids is 1. The Morgan fingerprint density at radius 3 is 2.62 bits per heavy atom. The van der Waals surface area contributed by atoms with Crippen molar-refractivity contribution in [2.24, 2.45) is 11.8 Å². The van der Waals surface area contributed by atoms with Crippen LogP contribution in [0.1, 0.15) is 22.3 Å². The largest absolute Gasteiger partial charge is 0.478 e. The Morgan fingerprint density at radius 1 is 1.33 bits per heavy atom. The maximum atomic E-state index is 12.7. The van der Waals surface area contributed by atoms with Gasteiger partial charge < -0.3 is 10.2 Å². The molecule has 0 aromatic heterocycles. The van der Waals surface area contributed by atoms with Gasteiger partial charge in [-0.3, -0.25) is 0 Å². The summed E-state index contributed by atoms with van der Waals surface area (Å²) >= 11 is 0. The Morgan fingerprint density at radius 2 is 2.05 bits per heavy atom. The molecular weight excluding hydrogens is 294 g/mol. The van der Waals surface area contributed by atoms with E-state index in [-0.39, 0.29) is 22.3 Å². The summed E-state index contributed by atoms with van der Waals surface area (Å²) in [5.41, 5.74) is 0.487. The number of hydrogen-bond donors (Lipinski definition) is 2. The molecule has 1 saturated heterocycles. The lowest BCUT2D eigenvalue weighted by molar-refractivity contribution is -0.00416. The number of fused-ring (bicyclic) bond motifs is 1. The van der Waals surface area contributed by atoms with Crippen molar-refractivity contribution in [1.29, 1.82) is 0 Å². The Balaban J connectivity index is 1.95. The molecule has 0 unspecified atom stereocenters. The number of rotatable bonds is 3. The molecular formula is C14H17NO5S. The van der Waals surface area contributed by atoms with E-state index in [0.29, 0.717) is 25.1 Å². The van der Waals surface area contributed by atoms with Gasteiger partial charge in [0.15, 0.2) is 0 Å². The van der Waals surface area contributed by atoms with Crippen LogP contribution < -0.4 is 0 Å². The number of carboxylic acid groups (broad SMARTS) is 1. The van der Waals surface area contributed by atoms with E-state index in [1.807, 2.05) is 0 Å². The second kappa shape index (κ2) is 4.79. The van der Waals surface area contributed by atoms with E-state index < -0.39 is 22.1 Å². The molecule has 0 spiro atoms. The van der Waals surface area contributed by atoms with Gasteiger partial charge in [-0.1, -0.05) is 6.07 Å². The van der Waals surface area contributed by atoms with Crippen LogP contribution in [0.5, 0.6) is 0 Å².